The fraction of sp³-hybridized carbons (Fsp3) is 0.143. The van der Waals surface area contributed by atoms with Gasteiger partial charge in [0.15, 0.2) is 5.83 Å². The minimum absolute atomic E-state index is 0.218. The zero-order chi connectivity index (χ0) is 15.8. The van der Waals surface area contributed by atoms with Crippen molar-refractivity contribution in [3.05, 3.63) is 53.3 Å². The first-order valence-electron chi connectivity index (χ1n) is 6.27. The Morgan fingerprint density at radius 3 is 2.77 bits per heavy atom. The van der Waals surface area contributed by atoms with E-state index in [1.807, 2.05) is 30.3 Å². The summed E-state index contributed by atoms with van der Waals surface area (Å²) in [5.74, 6) is -1.15. The van der Waals surface area contributed by atoms with Gasteiger partial charge >= 0.3 is 6.08 Å². The van der Waals surface area contributed by atoms with E-state index in [2.05, 4.69) is 15.5 Å². The molecule has 1 aromatic carbocycles. The molecule has 0 spiro atoms. The van der Waals surface area contributed by atoms with E-state index >= 15 is 0 Å². The molecule has 22 heavy (non-hydrogen) atoms. The molecule has 116 valence electrons. The molecule has 0 saturated heterocycles. The van der Waals surface area contributed by atoms with E-state index in [1.165, 1.54) is 23.1 Å². The van der Waals surface area contributed by atoms with E-state index in [4.69, 9.17) is 0 Å². The number of aromatic nitrogens is 1. The van der Waals surface area contributed by atoms with Gasteiger partial charge in [-0.15, -0.1) is 11.3 Å². The number of thiazole rings is 1. The maximum Gasteiger partial charge on any atom is 0.301 e. The number of hydrogen-bond donors (Lipinski definition) is 1. The van der Waals surface area contributed by atoms with Crippen LogP contribution in [0.15, 0.2) is 57.9 Å². The van der Waals surface area contributed by atoms with Crippen molar-refractivity contribution < 1.29 is 13.2 Å². The van der Waals surface area contributed by atoms with Crippen molar-refractivity contribution in [1.82, 2.24) is 4.98 Å². The van der Waals surface area contributed by atoms with E-state index in [-0.39, 0.29) is 12.2 Å². The van der Waals surface area contributed by atoms with Gasteiger partial charge in [0.25, 0.3) is 0 Å². The van der Waals surface area contributed by atoms with Crippen LogP contribution >= 0.6 is 23.1 Å². The normalized spacial score (nSPS) is 10.9. The number of nitrogens with one attached hydrogen (secondary N) is 1. The van der Waals surface area contributed by atoms with Crippen molar-refractivity contribution >= 4 is 35.0 Å². The first-order chi connectivity index (χ1) is 10.6. The predicted octanol–water partition coefficient (Wildman–Crippen LogP) is 5.15. The van der Waals surface area contributed by atoms with Crippen LogP contribution in [0.4, 0.5) is 18.9 Å². The van der Waals surface area contributed by atoms with Crippen LogP contribution in [-0.4, -0.2) is 17.0 Å². The molecule has 2 aromatic rings. The fourth-order valence-corrected chi connectivity index (χ4v) is 3.28. The summed E-state index contributed by atoms with van der Waals surface area (Å²) in [5, 5.41) is 4.08. The van der Waals surface area contributed by atoms with Gasteiger partial charge in [-0.3, -0.25) is 5.43 Å². The van der Waals surface area contributed by atoms with Gasteiger partial charge in [-0.1, -0.05) is 30.0 Å². The number of nitrogens with zero attached hydrogens (tertiary/aromatic N) is 2. The molecule has 0 bridgehead atoms. The minimum Gasteiger partial charge on any atom is -0.278 e. The highest BCUT2D eigenvalue weighted by molar-refractivity contribution is 8.01. The molecular formula is C14H12F3N3S2. The van der Waals surface area contributed by atoms with Gasteiger partial charge in [-0.2, -0.15) is 13.9 Å². The Hall–Kier alpha value is -1.80. The summed E-state index contributed by atoms with van der Waals surface area (Å²) in [6, 6.07) is 9.48. The van der Waals surface area contributed by atoms with Crippen LogP contribution in [0.2, 0.25) is 0 Å². The van der Waals surface area contributed by atoms with Gasteiger partial charge < -0.3 is 0 Å². The third-order valence-corrected chi connectivity index (χ3v) is 4.50. The smallest absolute Gasteiger partial charge is 0.278 e. The highest BCUT2D eigenvalue weighted by Gasteiger charge is 2.06. The summed E-state index contributed by atoms with van der Waals surface area (Å²) >= 11 is 2.60. The van der Waals surface area contributed by atoms with Crippen LogP contribution in [0, 0.1) is 0 Å². The number of hydrazone groups is 1. The standard InChI is InChI=1S/C14H12F3N3S2/c15-12(13(16)17)6-7-21-14-18-8-11(22-14)9-19-20-10-4-2-1-3-5-10/h1-5,8-9,20H,6-7H2/b19-9+. The number of benzene rings is 1. The zero-order valence-corrected chi connectivity index (χ0v) is 12.9. The third kappa shape index (κ3) is 5.53. The van der Waals surface area contributed by atoms with Gasteiger partial charge in [-0.25, -0.2) is 9.37 Å². The average Bonchev–Trinajstić information content (AvgIpc) is 2.96. The molecule has 0 aliphatic rings. The SMILES string of the molecule is FC(F)=C(F)CCSc1ncc(/C=N/Nc2ccccc2)s1. The van der Waals surface area contributed by atoms with E-state index < -0.39 is 11.9 Å². The molecule has 1 heterocycles. The van der Waals surface area contributed by atoms with Crippen molar-refractivity contribution in [2.24, 2.45) is 5.10 Å². The van der Waals surface area contributed by atoms with Crippen LogP contribution < -0.4 is 5.43 Å². The van der Waals surface area contributed by atoms with Crippen LogP contribution in [-0.2, 0) is 0 Å². The topological polar surface area (TPSA) is 37.3 Å². The fourth-order valence-electron chi connectivity index (χ4n) is 1.40. The van der Waals surface area contributed by atoms with Crippen LogP contribution in [0.25, 0.3) is 0 Å². The molecule has 0 aliphatic heterocycles. The number of allylic oxidation sites excluding steroid dienone is 1. The number of anilines is 1. The summed E-state index contributed by atoms with van der Waals surface area (Å²) in [4.78, 5) is 4.94. The molecule has 2 rings (SSSR count). The second-order valence-corrected chi connectivity index (χ2v) is 6.43. The zero-order valence-electron chi connectivity index (χ0n) is 11.3. The van der Waals surface area contributed by atoms with E-state index in [1.54, 1.807) is 12.4 Å². The Bertz CT molecular complexity index is 652. The Morgan fingerprint density at radius 2 is 2.05 bits per heavy atom. The number of rotatable bonds is 7. The summed E-state index contributed by atoms with van der Waals surface area (Å²) in [6.45, 7) is 0. The molecule has 0 saturated carbocycles. The van der Waals surface area contributed by atoms with Crippen molar-refractivity contribution in [3.63, 3.8) is 0 Å². The lowest BCUT2D eigenvalue weighted by Crippen LogP contribution is -1.88. The maximum absolute atomic E-state index is 12.6. The molecule has 3 nitrogen and oxygen atoms in total. The molecule has 0 atom stereocenters. The third-order valence-electron chi connectivity index (χ3n) is 2.41. The van der Waals surface area contributed by atoms with Crippen molar-refractivity contribution in [2.45, 2.75) is 10.8 Å². The van der Waals surface area contributed by atoms with Crippen LogP contribution in [0.1, 0.15) is 11.3 Å². The monoisotopic (exact) mass is 343 g/mol. The highest BCUT2D eigenvalue weighted by Crippen LogP contribution is 2.26. The van der Waals surface area contributed by atoms with Crippen molar-refractivity contribution in [1.29, 1.82) is 0 Å². The number of hydrogen-bond acceptors (Lipinski definition) is 5. The Balaban J connectivity index is 1.80. The van der Waals surface area contributed by atoms with Gasteiger partial charge in [0.05, 0.1) is 16.8 Å². The average molecular weight is 343 g/mol. The molecule has 1 N–H and O–H groups in total. The first kappa shape index (κ1) is 16.6. The quantitative estimate of drug-likeness (QED) is 0.429. The van der Waals surface area contributed by atoms with Crippen molar-refractivity contribution in [2.75, 3.05) is 11.2 Å². The maximum atomic E-state index is 12.6. The summed E-state index contributed by atoms with van der Waals surface area (Å²) in [7, 11) is 0. The van der Waals surface area contributed by atoms with Crippen molar-refractivity contribution in [3.8, 4) is 0 Å². The van der Waals surface area contributed by atoms with Gasteiger partial charge in [0.1, 0.15) is 4.34 Å². The lowest BCUT2D eigenvalue weighted by Gasteiger charge is -1.97. The molecule has 0 radical (unpaired) electrons. The van der Waals surface area contributed by atoms with Crippen LogP contribution in [0.5, 0.6) is 0 Å². The molecule has 0 fully saturated rings. The molecule has 0 unspecified atom stereocenters. The lowest BCUT2D eigenvalue weighted by atomic mass is 10.3. The summed E-state index contributed by atoms with van der Waals surface area (Å²) < 4.78 is 37.1. The van der Waals surface area contributed by atoms with E-state index in [0.717, 1.165) is 10.6 Å². The minimum atomic E-state index is -2.25. The Labute approximate surface area is 134 Å². The van der Waals surface area contributed by atoms with E-state index in [9.17, 15) is 13.2 Å². The summed E-state index contributed by atoms with van der Waals surface area (Å²) in [6.07, 6.45) is 0.701. The first-order valence-corrected chi connectivity index (χ1v) is 8.08. The molecule has 0 amide bonds. The number of halogens is 3. The van der Waals surface area contributed by atoms with Crippen LogP contribution in [0.3, 0.4) is 0 Å². The Kier molecular flexibility index (Phi) is 6.47. The van der Waals surface area contributed by atoms with E-state index in [0.29, 0.717) is 4.34 Å². The highest BCUT2D eigenvalue weighted by atomic mass is 32.2. The van der Waals surface area contributed by atoms with Gasteiger partial charge in [0.2, 0.25) is 0 Å². The molecular weight excluding hydrogens is 331 g/mol. The second kappa shape index (κ2) is 8.60. The predicted molar refractivity (Wildman–Crippen MR) is 85.5 cm³/mol. The largest absolute Gasteiger partial charge is 0.301 e. The summed E-state index contributed by atoms with van der Waals surface area (Å²) in [5.41, 5.74) is 3.74. The van der Waals surface area contributed by atoms with Gasteiger partial charge in [0, 0.05) is 18.4 Å². The second-order valence-electron chi connectivity index (χ2n) is 4.03. The number of thioether (sulfide) groups is 1. The molecule has 8 heteroatoms. The van der Waals surface area contributed by atoms with Gasteiger partial charge in [-0.05, 0) is 12.1 Å². The Morgan fingerprint density at radius 1 is 1.27 bits per heavy atom. The molecule has 1 aromatic heterocycles. The molecule has 0 aliphatic carbocycles. The number of para-hydroxylation sites is 1. The lowest BCUT2D eigenvalue weighted by molar-refractivity contribution is 0.373.